The Balaban J connectivity index is 1.48. The molecule has 0 bridgehead atoms. The fourth-order valence-electron chi connectivity index (χ4n) is 2.70. The van der Waals surface area contributed by atoms with Crippen molar-refractivity contribution >= 4 is 27.5 Å². The normalized spacial score (nSPS) is 21.5. The Morgan fingerprint density at radius 2 is 1.85 bits per heavy atom. The van der Waals surface area contributed by atoms with Gasteiger partial charge in [0.2, 0.25) is 0 Å². The van der Waals surface area contributed by atoms with Crippen molar-refractivity contribution in [3.63, 3.8) is 0 Å². The summed E-state index contributed by atoms with van der Waals surface area (Å²) in [7, 11) is 0. The number of hydrogen-bond acceptors (Lipinski definition) is 1. The Hall–Kier alpha value is -0.830. The van der Waals surface area contributed by atoms with Crippen LogP contribution in [0, 0.1) is 0 Å². The summed E-state index contributed by atoms with van der Waals surface area (Å²) in [6.45, 7) is 0.901. The average Bonchev–Trinajstić information content (AvgIpc) is 2.39. The second-order valence-corrected chi connectivity index (χ2v) is 6.78. The third kappa shape index (κ3) is 3.43. The van der Waals surface area contributed by atoms with Gasteiger partial charge in [-0.2, -0.15) is 0 Å². The Labute approximate surface area is 133 Å². The van der Waals surface area contributed by atoms with Crippen LogP contribution < -0.4 is 5.32 Å². The lowest BCUT2D eigenvalue weighted by Crippen LogP contribution is -2.39. The Bertz CT molecular complexity index is 576. The molecular weight excluding hydrogens is 334 g/mol. The highest BCUT2D eigenvalue weighted by Gasteiger charge is 2.29. The van der Waals surface area contributed by atoms with Gasteiger partial charge in [-0.3, -0.25) is 0 Å². The molecule has 0 spiro atoms. The van der Waals surface area contributed by atoms with E-state index < -0.39 is 0 Å². The van der Waals surface area contributed by atoms with E-state index in [-0.39, 0.29) is 0 Å². The molecule has 0 radical (unpaired) electrons. The Morgan fingerprint density at radius 1 is 1.10 bits per heavy atom. The lowest BCUT2D eigenvalue weighted by molar-refractivity contribution is 0.289. The van der Waals surface area contributed by atoms with E-state index in [9.17, 15) is 0 Å². The first-order valence-corrected chi connectivity index (χ1v) is 8.11. The van der Waals surface area contributed by atoms with Gasteiger partial charge in [0.1, 0.15) is 0 Å². The molecular formula is C17H17BrClN. The van der Waals surface area contributed by atoms with Crippen LogP contribution in [0.15, 0.2) is 53.0 Å². The van der Waals surface area contributed by atoms with Crippen molar-refractivity contribution in [3.8, 4) is 0 Å². The Morgan fingerprint density at radius 3 is 2.55 bits per heavy atom. The lowest BCUT2D eigenvalue weighted by atomic mass is 9.76. The molecule has 104 valence electrons. The van der Waals surface area contributed by atoms with Gasteiger partial charge < -0.3 is 5.32 Å². The van der Waals surface area contributed by atoms with Crippen LogP contribution in [-0.2, 0) is 6.54 Å². The van der Waals surface area contributed by atoms with E-state index in [1.54, 1.807) is 0 Å². The molecule has 1 nitrogen and oxygen atoms in total. The number of hydrogen-bond donors (Lipinski definition) is 1. The molecule has 1 aliphatic rings. The van der Waals surface area contributed by atoms with Gasteiger partial charge in [-0.25, -0.2) is 0 Å². The topological polar surface area (TPSA) is 12.0 Å². The first-order valence-electron chi connectivity index (χ1n) is 6.94. The van der Waals surface area contributed by atoms with Gasteiger partial charge in [0.15, 0.2) is 0 Å². The van der Waals surface area contributed by atoms with Gasteiger partial charge in [0, 0.05) is 22.1 Å². The van der Waals surface area contributed by atoms with Crippen molar-refractivity contribution in [2.24, 2.45) is 0 Å². The molecule has 0 heterocycles. The smallest absolute Gasteiger partial charge is 0.0409 e. The fourth-order valence-corrected chi connectivity index (χ4v) is 3.18. The summed E-state index contributed by atoms with van der Waals surface area (Å²) in [5.41, 5.74) is 2.71. The minimum Gasteiger partial charge on any atom is -0.310 e. The van der Waals surface area contributed by atoms with Gasteiger partial charge in [-0.1, -0.05) is 51.8 Å². The highest BCUT2D eigenvalue weighted by molar-refractivity contribution is 9.10. The minimum atomic E-state index is 0.627. The highest BCUT2D eigenvalue weighted by atomic mass is 79.9. The zero-order chi connectivity index (χ0) is 13.9. The fraction of sp³-hybridized carbons (Fsp3) is 0.294. The second-order valence-electron chi connectivity index (χ2n) is 5.43. The first kappa shape index (κ1) is 14.1. The van der Waals surface area contributed by atoms with Crippen LogP contribution in [-0.4, -0.2) is 6.04 Å². The summed E-state index contributed by atoms with van der Waals surface area (Å²) in [4.78, 5) is 0. The van der Waals surface area contributed by atoms with E-state index in [1.807, 2.05) is 18.2 Å². The summed E-state index contributed by atoms with van der Waals surface area (Å²) in [6.07, 6.45) is 2.45. The SMILES string of the molecule is Clc1cccc(CNC2CC(c3ccc(Br)cc3)C2)c1. The molecule has 1 saturated carbocycles. The van der Waals surface area contributed by atoms with E-state index in [2.05, 4.69) is 51.6 Å². The minimum absolute atomic E-state index is 0.627. The van der Waals surface area contributed by atoms with Crippen LogP contribution in [0.1, 0.15) is 29.9 Å². The molecule has 20 heavy (non-hydrogen) atoms. The zero-order valence-electron chi connectivity index (χ0n) is 11.2. The summed E-state index contributed by atoms with van der Waals surface area (Å²) in [6, 6.07) is 17.4. The second kappa shape index (κ2) is 6.30. The maximum Gasteiger partial charge on any atom is 0.0409 e. The molecule has 2 aromatic carbocycles. The van der Waals surface area contributed by atoms with Crippen molar-refractivity contribution in [1.82, 2.24) is 5.32 Å². The van der Waals surface area contributed by atoms with Gasteiger partial charge in [-0.05, 0) is 54.2 Å². The van der Waals surface area contributed by atoms with Gasteiger partial charge in [0.05, 0.1) is 0 Å². The molecule has 0 amide bonds. The molecule has 3 heteroatoms. The molecule has 1 fully saturated rings. The maximum atomic E-state index is 5.99. The molecule has 3 rings (SSSR count). The highest BCUT2D eigenvalue weighted by Crippen LogP contribution is 2.37. The number of nitrogens with one attached hydrogen (secondary N) is 1. The molecule has 2 aromatic rings. The van der Waals surface area contributed by atoms with Crippen LogP contribution in [0.2, 0.25) is 5.02 Å². The van der Waals surface area contributed by atoms with Crippen LogP contribution >= 0.6 is 27.5 Å². The Kier molecular flexibility index (Phi) is 4.45. The lowest BCUT2D eigenvalue weighted by Gasteiger charge is -2.36. The predicted molar refractivity (Wildman–Crippen MR) is 88.2 cm³/mol. The van der Waals surface area contributed by atoms with Crippen LogP contribution in [0.25, 0.3) is 0 Å². The predicted octanol–water partition coefficient (Wildman–Crippen LogP) is 5.14. The standard InChI is InChI=1S/C17H17BrClN/c18-15-6-4-13(5-7-15)14-9-17(10-14)20-11-12-2-1-3-16(19)8-12/h1-8,14,17,20H,9-11H2. The summed E-state index contributed by atoms with van der Waals surface area (Å²) in [5.74, 6) is 0.708. The first-order chi connectivity index (χ1) is 9.70. The van der Waals surface area contributed by atoms with E-state index >= 15 is 0 Å². The van der Waals surface area contributed by atoms with Crippen molar-refractivity contribution in [2.75, 3.05) is 0 Å². The van der Waals surface area contributed by atoms with Gasteiger partial charge >= 0.3 is 0 Å². The van der Waals surface area contributed by atoms with Crippen molar-refractivity contribution in [1.29, 1.82) is 0 Å². The summed E-state index contributed by atoms with van der Waals surface area (Å²) < 4.78 is 1.15. The van der Waals surface area contributed by atoms with E-state index in [1.165, 1.54) is 24.0 Å². The van der Waals surface area contributed by atoms with E-state index in [0.717, 1.165) is 16.0 Å². The van der Waals surface area contributed by atoms with Crippen molar-refractivity contribution in [2.45, 2.75) is 31.3 Å². The van der Waals surface area contributed by atoms with Gasteiger partial charge in [0.25, 0.3) is 0 Å². The molecule has 1 N–H and O–H groups in total. The molecule has 0 saturated heterocycles. The molecule has 0 atom stereocenters. The molecule has 0 unspecified atom stereocenters. The quantitative estimate of drug-likeness (QED) is 0.805. The molecule has 0 aromatic heterocycles. The zero-order valence-corrected chi connectivity index (χ0v) is 13.5. The molecule has 0 aliphatic heterocycles. The van der Waals surface area contributed by atoms with Gasteiger partial charge in [-0.15, -0.1) is 0 Å². The average molecular weight is 351 g/mol. The number of rotatable bonds is 4. The number of benzene rings is 2. The summed E-state index contributed by atoms with van der Waals surface area (Å²) in [5, 5.41) is 4.42. The maximum absolute atomic E-state index is 5.99. The monoisotopic (exact) mass is 349 g/mol. The van der Waals surface area contributed by atoms with E-state index in [0.29, 0.717) is 12.0 Å². The largest absolute Gasteiger partial charge is 0.310 e. The van der Waals surface area contributed by atoms with Crippen LogP contribution in [0.4, 0.5) is 0 Å². The van der Waals surface area contributed by atoms with E-state index in [4.69, 9.17) is 11.6 Å². The number of halogens is 2. The third-order valence-corrected chi connectivity index (χ3v) is 4.73. The van der Waals surface area contributed by atoms with Crippen LogP contribution in [0.3, 0.4) is 0 Å². The van der Waals surface area contributed by atoms with Crippen molar-refractivity contribution < 1.29 is 0 Å². The third-order valence-electron chi connectivity index (χ3n) is 3.96. The molecule has 1 aliphatic carbocycles. The van der Waals surface area contributed by atoms with Crippen LogP contribution in [0.5, 0.6) is 0 Å². The van der Waals surface area contributed by atoms with Crippen molar-refractivity contribution in [3.05, 3.63) is 69.2 Å². The summed E-state index contributed by atoms with van der Waals surface area (Å²) >= 11 is 9.47.